The summed E-state index contributed by atoms with van der Waals surface area (Å²) in [6, 6.07) is 44.9. The van der Waals surface area contributed by atoms with Crippen LogP contribution in [0.2, 0.25) is 0 Å². The molecule has 64 heavy (non-hydrogen) atoms. The van der Waals surface area contributed by atoms with Crippen molar-refractivity contribution in [1.29, 1.82) is 0 Å². The molecule has 0 saturated carbocycles. The number of rotatable bonds is 5. The molecule has 10 aromatic rings. The van der Waals surface area contributed by atoms with Crippen LogP contribution in [0.15, 0.2) is 140 Å². The van der Waals surface area contributed by atoms with Crippen LogP contribution in [-0.4, -0.2) is 9.13 Å². The first-order chi connectivity index (χ1) is 30.8. The van der Waals surface area contributed by atoms with E-state index in [2.05, 4.69) is 139 Å². The van der Waals surface area contributed by atoms with Crippen molar-refractivity contribution in [3.63, 3.8) is 0 Å². The largest absolute Gasteiger partial charge is 0.415 e. The van der Waals surface area contributed by atoms with Gasteiger partial charge in [0, 0.05) is 21.5 Å². The Kier molecular flexibility index (Phi) is 9.36. The van der Waals surface area contributed by atoms with Crippen molar-refractivity contribution in [1.82, 2.24) is 9.13 Å². The van der Waals surface area contributed by atoms with Crippen LogP contribution in [0.1, 0.15) is 38.9 Å². The maximum atomic E-state index is 15.1. The zero-order valence-electron chi connectivity index (χ0n) is 36.2. The van der Waals surface area contributed by atoms with Gasteiger partial charge in [0.25, 0.3) is 0 Å². The van der Waals surface area contributed by atoms with E-state index in [0.29, 0.717) is 11.4 Å². The molecule has 0 bridgehead atoms. The van der Waals surface area contributed by atoms with Gasteiger partial charge in [-0.25, -0.2) is 9.69 Å². The molecular weight excluding hydrogens is 798 g/mol. The fourth-order valence-corrected chi connectivity index (χ4v) is 10.4. The van der Waals surface area contributed by atoms with Gasteiger partial charge >= 0.3 is 6.18 Å². The van der Waals surface area contributed by atoms with Crippen molar-refractivity contribution in [2.24, 2.45) is 0 Å². The molecule has 2 heterocycles. The number of aromatic nitrogens is 2. The van der Waals surface area contributed by atoms with Crippen molar-refractivity contribution in [2.75, 3.05) is 0 Å². The van der Waals surface area contributed by atoms with Gasteiger partial charge in [-0.2, -0.15) is 13.2 Å². The number of alkyl halides is 3. The third kappa shape index (κ3) is 6.27. The lowest BCUT2D eigenvalue weighted by molar-refractivity contribution is -0.137. The number of halogens is 3. The molecule has 2 aromatic heterocycles. The minimum absolute atomic E-state index is 0.0000189. The van der Waals surface area contributed by atoms with E-state index in [1.165, 1.54) is 23.3 Å². The van der Waals surface area contributed by atoms with Crippen LogP contribution in [0.25, 0.3) is 98.1 Å². The second kappa shape index (κ2) is 14.9. The molecule has 0 amide bonds. The van der Waals surface area contributed by atoms with E-state index in [9.17, 15) is 0 Å². The number of hydrogen-bond donors (Lipinski definition) is 0. The summed E-state index contributed by atoms with van der Waals surface area (Å²) in [6.45, 7) is 29.3. The topological polar surface area (TPSA) is 18.6 Å². The molecule has 0 fully saturated rings. The van der Waals surface area contributed by atoms with Gasteiger partial charge in [0.2, 0.25) is 0 Å². The van der Waals surface area contributed by atoms with E-state index < -0.39 is 11.7 Å². The van der Waals surface area contributed by atoms with Gasteiger partial charge in [0.15, 0.2) is 11.4 Å². The molecule has 0 saturated heterocycles. The van der Waals surface area contributed by atoms with Crippen molar-refractivity contribution in [3.05, 3.63) is 201 Å². The molecule has 0 aliphatic rings. The summed E-state index contributed by atoms with van der Waals surface area (Å²) in [5.74, 6) is 0. The molecule has 4 nitrogen and oxygen atoms in total. The van der Waals surface area contributed by atoms with E-state index >= 15 is 13.2 Å². The number of fused-ring (bicyclic) bond motifs is 6. The monoisotopic (exact) mass is 838 g/mol. The first-order valence-corrected chi connectivity index (χ1v) is 21.1. The third-order valence-electron chi connectivity index (χ3n) is 12.7. The van der Waals surface area contributed by atoms with Crippen molar-refractivity contribution < 1.29 is 13.2 Å². The van der Waals surface area contributed by atoms with E-state index in [0.717, 1.165) is 94.2 Å². The van der Waals surface area contributed by atoms with Crippen LogP contribution in [0.5, 0.6) is 0 Å². The average Bonchev–Trinajstić information content (AvgIpc) is 3.76. The second-order valence-corrected chi connectivity index (χ2v) is 17.0. The molecule has 0 N–H and O–H groups in total. The van der Waals surface area contributed by atoms with Gasteiger partial charge in [-0.1, -0.05) is 114 Å². The molecule has 10 rings (SSSR count). The molecule has 310 valence electrons. The van der Waals surface area contributed by atoms with Crippen LogP contribution in [0.4, 0.5) is 24.5 Å². The third-order valence-corrected chi connectivity index (χ3v) is 12.7. The molecule has 0 spiro atoms. The van der Waals surface area contributed by atoms with Crippen LogP contribution in [0, 0.1) is 54.7 Å². The molecule has 8 aromatic carbocycles. The SMILES string of the molecule is [C-]#[N+]c1cc(-n2c3ccccc3c3ccc(-c4c(C)cc(C)cc4C)cc32)c(-n2c3ccccc3c3ccc(-c4c(C)cc(C)cc4C)cc32)cc1-c1c([N+]#[C-])cccc1C(F)(F)F. The minimum Gasteiger partial charge on any atom is -0.308 e. The Morgan fingerprint density at radius 1 is 0.422 bits per heavy atom. The predicted octanol–water partition coefficient (Wildman–Crippen LogP) is 16.9. The second-order valence-electron chi connectivity index (χ2n) is 17.0. The van der Waals surface area contributed by atoms with Gasteiger partial charge < -0.3 is 9.13 Å². The Bertz CT molecular complexity index is 3650. The van der Waals surface area contributed by atoms with E-state index in [1.807, 2.05) is 30.3 Å². The summed E-state index contributed by atoms with van der Waals surface area (Å²) in [5, 5.41) is 3.92. The fraction of sp³-hybridized carbons (Fsp3) is 0.123. The predicted molar refractivity (Wildman–Crippen MR) is 257 cm³/mol. The van der Waals surface area contributed by atoms with E-state index in [1.54, 1.807) is 12.1 Å². The van der Waals surface area contributed by atoms with Gasteiger partial charge in [-0.05, 0) is 134 Å². The first kappa shape index (κ1) is 40.2. The summed E-state index contributed by atoms with van der Waals surface area (Å²) < 4.78 is 49.6. The average molecular weight is 839 g/mol. The van der Waals surface area contributed by atoms with Gasteiger partial charge in [-0.3, -0.25) is 0 Å². The fourth-order valence-electron chi connectivity index (χ4n) is 10.4. The van der Waals surface area contributed by atoms with Gasteiger partial charge in [0.05, 0.1) is 52.1 Å². The Hall–Kier alpha value is -7.87. The molecule has 0 aliphatic carbocycles. The van der Waals surface area contributed by atoms with Gasteiger partial charge in [-0.15, -0.1) is 0 Å². The molecule has 7 heteroatoms. The lowest BCUT2D eigenvalue weighted by Crippen LogP contribution is -2.08. The highest BCUT2D eigenvalue weighted by Crippen LogP contribution is 2.49. The lowest BCUT2D eigenvalue weighted by Gasteiger charge is -2.22. The normalized spacial score (nSPS) is 11.8. The van der Waals surface area contributed by atoms with Crippen molar-refractivity contribution in [2.45, 2.75) is 47.7 Å². The number of nitrogens with zero attached hydrogens (tertiary/aromatic N) is 4. The summed E-state index contributed by atoms with van der Waals surface area (Å²) in [7, 11) is 0. The standard InChI is InChI=1S/C57H41F3N4/c1-32-24-34(3)54(35(4)25-32)38-20-22-42-40-14-9-11-18-48(40)63(50(42)28-38)52-30-44(56-45(57(58,59)60)16-13-17-46(56)61-7)47(62-8)31-53(52)64-49-19-12-10-15-41(49)43-23-21-39(29-51(43)64)55-36(5)26-33(2)27-37(55)6/h9-31H,1-6H3. The number of hydrogen-bond acceptors (Lipinski definition) is 0. The van der Waals surface area contributed by atoms with Crippen molar-refractivity contribution >= 4 is 55.0 Å². The molecular formula is C57H41F3N4. The lowest BCUT2D eigenvalue weighted by atomic mass is 9.93. The molecule has 0 unspecified atom stereocenters. The maximum absolute atomic E-state index is 15.1. The van der Waals surface area contributed by atoms with Gasteiger partial charge in [0.1, 0.15) is 0 Å². The Morgan fingerprint density at radius 2 is 0.859 bits per heavy atom. The quantitative estimate of drug-likeness (QED) is 0.154. The summed E-state index contributed by atoms with van der Waals surface area (Å²) >= 11 is 0. The summed E-state index contributed by atoms with van der Waals surface area (Å²) in [6.07, 6.45) is -4.80. The highest BCUT2D eigenvalue weighted by atomic mass is 19.4. The van der Waals surface area contributed by atoms with Crippen LogP contribution >= 0.6 is 0 Å². The zero-order chi connectivity index (χ0) is 44.8. The molecule has 0 radical (unpaired) electrons. The van der Waals surface area contributed by atoms with Crippen molar-refractivity contribution in [3.8, 4) is 44.8 Å². The summed E-state index contributed by atoms with van der Waals surface area (Å²) in [5.41, 5.74) is 14.4. The highest BCUT2D eigenvalue weighted by molar-refractivity contribution is 6.13. The minimum atomic E-state index is -4.80. The van der Waals surface area contributed by atoms with Crippen LogP contribution < -0.4 is 0 Å². The Morgan fingerprint density at radius 3 is 1.31 bits per heavy atom. The smallest absolute Gasteiger partial charge is 0.308 e. The number of para-hydroxylation sites is 2. The van der Waals surface area contributed by atoms with Crippen LogP contribution in [-0.2, 0) is 6.18 Å². The summed E-state index contributed by atoms with van der Waals surface area (Å²) in [4.78, 5) is 7.56. The maximum Gasteiger partial charge on any atom is 0.415 e. The highest BCUT2D eigenvalue weighted by Gasteiger charge is 2.36. The first-order valence-electron chi connectivity index (χ1n) is 21.1. The number of benzene rings is 8. The zero-order valence-corrected chi connectivity index (χ0v) is 36.2. The van der Waals surface area contributed by atoms with E-state index in [-0.39, 0.29) is 22.5 Å². The molecule has 0 aliphatic heterocycles. The van der Waals surface area contributed by atoms with E-state index in [4.69, 9.17) is 13.1 Å². The molecule has 0 atom stereocenters. The Labute approximate surface area is 369 Å². The van der Waals surface area contributed by atoms with Crippen LogP contribution in [0.3, 0.4) is 0 Å². The number of aryl methyl sites for hydroxylation is 6. The Balaban J connectivity index is 1.40.